The van der Waals surface area contributed by atoms with E-state index in [9.17, 15) is 0 Å². The monoisotopic (exact) mass is 268 g/mol. The predicted molar refractivity (Wildman–Crippen MR) is 85.7 cm³/mol. The molecule has 0 aliphatic carbocycles. The summed E-state index contributed by atoms with van der Waals surface area (Å²) in [6.45, 7) is 4.71. The second-order valence-corrected chi connectivity index (χ2v) is 5.20. The van der Waals surface area contributed by atoms with Gasteiger partial charge in [0, 0.05) is 6.54 Å². The van der Waals surface area contributed by atoms with Crippen LogP contribution >= 0.6 is 0 Å². The van der Waals surface area contributed by atoms with Gasteiger partial charge in [0.2, 0.25) is 0 Å². The summed E-state index contributed by atoms with van der Waals surface area (Å²) in [7, 11) is 0. The lowest BCUT2D eigenvalue weighted by Gasteiger charge is -2.33. The van der Waals surface area contributed by atoms with Crippen LogP contribution in [0.4, 0.5) is 0 Å². The van der Waals surface area contributed by atoms with Crippen molar-refractivity contribution in [3.63, 3.8) is 0 Å². The SMILES string of the molecule is CCc1ccccc1C(N)(CN)c1ccccc1CC. The van der Waals surface area contributed by atoms with Crippen LogP contribution in [0.2, 0.25) is 0 Å². The van der Waals surface area contributed by atoms with Crippen LogP contribution in [0.3, 0.4) is 0 Å². The van der Waals surface area contributed by atoms with Crippen LogP contribution in [0.5, 0.6) is 0 Å². The molecule has 0 fully saturated rings. The average Bonchev–Trinajstić information content (AvgIpc) is 2.54. The zero-order chi connectivity index (χ0) is 14.6. The van der Waals surface area contributed by atoms with E-state index in [4.69, 9.17) is 11.5 Å². The molecule has 0 aromatic heterocycles. The molecule has 0 heterocycles. The van der Waals surface area contributed by atoms with Gasteiger partial charge in [0.05, 0.1) is 5.54 Å². The van der Waals surface area contributed by atoms with Crippen LogP contribution in [-0.2, 0) is 18.4 Å². The van der Waals surface area contributed by atoms with E-state index in [0.29, 0.717) is 6.54 Å². The Kier molecular flexibility index (Phi) is 4.58. The topological polar surface area (TPSA) is 52.0 Å². The fraction of sp³-hybridized carbons (Fsp3) is 0.333. The van der Waals surface area contributed by atoms with Gasteiger partial charge in [-0.25, -0.2) is 0 Å². The van der Waals surface area contributed by atoms with Gasteiger partial charge in [0.25, 0.3) is 0 Å². The number of rotatable bonds is 5. The molecule has 0 atom stereocenters. The summed E-state index contributed by atoms with van der Waals surface area (Å²) in [4.78, 5) is 0. The van der Waals surface area contributed by atoms with Crippen molar-refractivity contribution in [2.75, 3.05) is 6.54 Å². The van der Waals surface area contributed by atoms with E-state index >= 15 is 0 Å². The highest BCUT2D eigenvalue weighted by atomic mass is 14.8. The van der Waals surface area contributed by atoms with Gasteiger partial charge in [0.15, 0.2) is 0 Å². The van der Waals surface area contributed by atoms with E-state index in [0.717, 1.165) is 24.0 Å². The molecule has 106 valence electrons. The Morgan fingerprint density at radius 2 is 1.20 bits per heavy atom. The summed E-state index contributed by atoms with van der Waals surface area (Å²) in [6.07, 6.45) is 1.92. The standard InChI is InChI=1S/C18H24N2/c1-3-14-9-5-7-11-16(14)18(20,13-19)17-12-8-6-10-15(17)4-2/h5-12H,3-4,13,19-20H2,1-2H3. The molecule has 0 aliphatic heterocycles. The van der Waals surface area contributed by atoms with Gasteiger partial charge >= 0.3 is 0 Å². The first-order valence-corrected chi connectivity index (χ1v) is 7.33. The summed E-state index contributed by atoms with van der Waals surface area (Å²) >= 11 is 0. The third-order valence-electron chi connectivity index (χ3n) is 4.08. The highest BCUT2D eigenvalue weighted by molar-refractivity contribution is 5.46. The van der Waals surface area contributed by atoms with Crippen molar-refractivity contribution in [1.82, 2.24) is 0 Å². The lowest BCUT2D eigenvalue weighted by molar-refractivity contribution is 0.541. The number of benzene rings is 2. The van der Waals surface area contributed by atoms with E-state index < -0.39 is 5.54 Å². The van der Waals surface area contributed by atoms with Crippen LogP contribution in [0.25, 0.3) is 0 Å². The summed E-state index contributed by atoms with van der Waals surface area (Å²) in [5, 5.41) is 0. The molecule has 2 aromatic rings. The number of hydrogen-bond donors (Lipinski definition) is 2. The predicted octanol–water partition coefficient (Wildman–Crippen LogP) is 2.97. The minimum Gasteiger partial charge on any atom is -0.328 e. The Morgan fingerprint density at radius 3 is 1.55 bits per heavy atom. The van der Waals surface area contributed by atoms with Gasteiger partial charge in [-0.15, -0.1) is 0 Å². The smallest absolute Gasteiger partial charge is 0.0795 e. The lowest BCUT2D eigenvalue weighted by atomic mass is 9.78. The molecular weight excluding hydrogens is 244 g/mol. The zero-order valence-electron chi connectivity index (χ0n) is 12.4. The summed E-state index contributed by atoms with van der Waals surface area (Å²) < 4.78 is 0. The maximum atomic E-state index is 6.77. The number of nitrogens with two attached hydrogens (primary N) is 2. The first kappa shape index (κ1) is 14.8. The van der Waals surface area contributed by atoms with Crippen molar-refractivity contribution in [2.45, 2.75) is 32.2 Å². The van der Waals surface area contributed by atoms with Crippen LogP contribution in [0.1, 0.15) is 36.1 Å². The molecule has 0 spiro atoms. The largest absolute Gasteiger partial charge is 0.328 e. The third kappa shape index (κ3) is 2.49. The molecule has 2 rings (SSSR count). The normalized spacial score (nSPS) is 11.6. The maximum absolute atomic E-state index is 6.77. The molecule has 20 heavy (non-hydrogen) atoms. The molecule has 0 bridgehead atoms. The van der Waals surface area contributed by atoms with Crippen molar-refractivity contribution >= 4 is 0 Å². The van der Waals surface area contributed by atoms with Gasteiger partial charge in [-0.05, 0) is 35.1 Å². The number of hydrogen-bond acceptors (Lipinski definition) is 2. The molecule has 0 aliphatic rings. The zero-order valence-corrected chi connectivity index (χ0v) is 12.4. The number of aryl methyl sites for hydroxylation is 2. The summed E-state index contributed by atoms with van der Waals surface area (Å²) in [5.74, 6) is 0. The fourth-order valence-corrected chi connectivity index (χ4v) is 2.89. The quantitative estimate of drug-likeness (QED) is 0.876. The summed E-state index contributed by atoms with van der Waals surface area (Å²) in [6, 6.07) is 16.7. The molecular formula is C18H24N2. The summed E-state index contributed by atoms with van der Waals surface area (Å²) in [5.41, 5.74) is 17.1. The van der Waals surface area contributed by atoms with Crippen molar-refractivity contribution in [1.29, 1.82) is 0 Å². The van der Waals surface area contributed by atoms with E-state index in [1.165, 1.54) is 11.1 Å². The van der Waals surface area contributed by atoms with Crippen molar-refractivity contribution < 1.29 is 0 Å². The van der Waals surface area contributed by atoms with Gasteiger partial charge in [0.1, 0.15) is 0 Å². The van der Waals surface area contributed by atoms with Crippen LogP contribution in [0, 0.1) is 0 Å². The Labute approximate surface area is 121 Å². The van der Waals surface area contributed by atoms with Crippen LogP contribution in [-0.4, -0.2) is 6.54 Å². The average molecular weight is 268 g/mol. The Balaban J connectivity index is 2.64. The Morgan fingerprint density at radius 1 is 0.800 bits per heavy atom. The van der Waals surface area contributed by atoms with Crippen LogP contribution in [0.15, 0.2) is 48.5 Å². The van der Waals surface area contributed by atoms with Crippen molar-refractivity contribution in [2.24, 2.45) is 11.5 Å². The Bertz CT molecular complexity index is 528. The van der Waals surface area contributed by atoms with E-state index in [-0.39, 0.29) is 0 Å². The minimum absolute atomic E-state index is 0.404. The third-order valence-corrected chi connectivity index (χ3v) is 4.08. The second-order valence-electron chi connectivity index (χ2n) is 5.20. The van der Waals surface area contributed by atoms with Gasteiger partial charge < -0.3 is 11.5 Å². The highest BCUT2D eigenvalue weighted by Crippen LogP contribution is 2.31. The molecule has 0 saturated carbocycles. The lowest BCUT2D eigenvalue weighted by Crippen LogP contribution is -2.46. The maximum Gasteiger partial charge on any atom is 0.0795 e. The molecule has 0 amide bonds. The van der Waals surface area contributed by atoms with E-state index in [2.05, 4.69) is 50.2 Å². The van der Waals surface area contributed by atoms with Crippen molar-refractivity contribution in [3.05, 3.63) is 70.8 Å². The van der Waals surface area contributed by atoms with Crippen LogP contribution < -0.4 is 11.5 Å². The van der Waals surface area contributed by atoms with Gasteiger partial charge in [-0.1, -0.05) is 62.4 Å². The molecule has 4 N–H and O–H groups in total. The first-order valence-electron chi connectivity index (χ1n) is 7.33. The highest BCUT2D eigenvalue weighted by Gasteiger charge is 2.31. The molecule has 2 aromatic carbocycles. The van der Waals surface area contributed by atoms with E-state index in [1.807, 2.05) is 12.1 Å². The first-order chi connectivity index (χ1) is 9.67. The van der Waals surface area contributed by atoms with Crippen molar-refractivity contribution in [3.8, 4) is 0 Å². The fourth-order valence-electron chi connectivity index (χ4n) is 2.89. The van der Waals surface area contributed by atoms with E-state index in [1.54, 1.807) is 0 Å². The molecule has 0 radical (unpaired) electrons. The second kappa shape index (κ2) is 6.21. The van der Waals surface area contributed by atoms with Gasteiger partial charge in [-0.2, -0.15) is 0 Å². The minimum atomic E-state index is -0.612. The molecule has 0 unspecified atom stereocenters. The molecule has 0 saturated heterocycles. The Hall–Kier alpha value is -1.64. The molecule has 2 nitrogen and oxygen atoms in total. The molecule has 2 heteroatoms. The van der Waals surface area contributed by atoms with Gasteiger partial charge in [-0.3, -0.25) is 0 Å².